The number of anilines is 1. The van der Waals surface area contributed by atoms with E-state index in [-0.39, 0.29) is 30.8 Å². The highest BCUT2D eigenvalue weighted by molar-refractivity contribution is 6.30. The maximum Gasteiger partial charge on any atom is 0.490 e. The van der Waals surface area contributed by atoms with Crippen LogP contribution in [-0.2, 0) is 22.7 Å². The quantitative estimate of drug-likeness (QED) is 0.439. The number of carboxylic acid groups (broad SMARTS) is 1. The Morgan fingerprint density at radius 3 is 1.98 bits per heavy atom. The van der Waals surface area contributed by atoms with Crippen LogP contribution in [0.15, 0.2) is 79.1 Å². The predicted octanol–water partition coefficient (Wildman–Crippen LogP) is 4.57. The molecular formula is C29H24ClF3N4O5. The monoisotopic (exact) mass is 600 g/mol. The first-order valence-electron chi connectivity index (χ1n) is 12.6. The third-order valence-electron chi connectivity index (χ3n) is 6.42. The molecule has 218 valence electrons. The van der Waals surface area contributed by atoms with Crippen molar-refractivity contribution in [2.75, 3.05) is 24.5 Å². The van der Waals surface area contributed by atoms with Crippen LogP contribution in [0.3, 0.4) is 0 Å². The van der Waals surface area contributed by atoms with Crippen LogP contribution in [0.5, 0.6) is 0 Å². The van der Waals surface area contributed by atoms with Gasteiger partial charge in [0.15, 0.2) is 0 Å². The van der Waals surface area contributed by atoms with E-state index >= 15 is 0 Å². The van der Waals surface area contributed by atoms with Gasteiger partial charge in [-0.3, -0.25) is 19.4 Å². The molecule has 0 atom stereocenters. The molecule has 0 spiro atoms. The molecule has 1 N–H and O–H groups in total. The molecule has 13 heteroatoms. The lowest BCUT2D eigenvalue weighted by molar-refractivity contribution is -0.192. The highest BCUT2D eigenvalue weighted by Crippen LogP contribution is 2.28. The van der Waals surface area contributed by atoms with Crippen LogP contribution < -0.4 is 4.90 Å². The highest BCUT2D eigenvalue weighted by atomic mass is 35.5. The summed E-state index contributed by atoms with van der Waals surface area (Å²) in [5.41, 5.74) is 3.47. The largest absolute Gasteiger partial charge is 0.490 e. The van der Waals surface area contributed by atoms with Gasteiger partial charge in [0.05, 0.1) is 18.8 Å². The lowest BCUT2D eigenvalue weighted by Crippen LogP contribution is -2.39. The first kappa shape index (κ1) is 30.3. The van der Waals surface area contributed by atoms with E-state index in [4.69, 9.17) is 21.5 Å². The summed E-state index contributed by atoms with van der Waals surface area (Å²) in [6.07, 6.45) is 2.20. The molecule has 3 heterocycles. The van der Waals surface area contributed by atoms with Crippen LogP contribution in [0.2, 0.25) is 5.02 Å². The van der Waals surface area contributed by atoms with E-state index in [0.29, 0.717) is 35.8 Å². The van der Waals surface area contributed by atoms with Gasteiger partial charge in [0, 0.05) is 47.2 Å². The SMILES string of the molecule is O=C(O)C(F)(F)F.O=C(c1ccc(CN2C(=O)CN(C(=O)c3ccc(Cl)cc3)Cc3cnccc32)cc1)N1CC=CC1. The number of halogens is 4. The lowest BCUT2D eigenvalue weighted by atomic mass is 10.1. The average Bonchev–Trinajstić information content (AvgIpc) is 3.47. The van der Waals surface area contributed by atoms with Crippen molar-refractivity contribution in [1.82, 2.24) is 14.8 Å². The number of rotatable bonds is 4. The maximum absolute atomic E-state index is 13.4. The summed E-state index contributed by atoms with van der Waals surface area (Å²) in [6.45, 7) is 1.77. The van der Waals surface area contributed by atoms with Gasteiger partial charge in [0.1, 0.15) is 6.54 Å². The number of nitrogens with zero attached hydrogens (tertiary/aromatic N) is 4. The van der Waals surface area contributed by atoms with Crippen LogP contribution in [0.1, 0.15) is 31.8 Å². The number of carboxylic acids is 1. The van der Waals surface area contributed by atoms with Gasteiger partial charge in [-0.05, 0) is 48.0 Å². The van der Waals surface area contributed by atoms with E-state index < -0.39 is 12.1 Å². The maximum atomic E-state index is 13.4. The van der Waals surface area contributed by atoms with Crippen molar-refractivity contribution in [3.63, 3.8) is 0 Å². The Balaban J connectivity index is 0.000000517. The minimum Gasteiger partial charge on any atom is -0.475 e. The summed E-state index contributed by atoms with van der Waals surface area (Å²) in [5.74, 6) is -3.21. The average molecular weight is 601 g/mol. The van der Waals surface area contributed by atoms with Gasteiger partial charge in [-0.2, -0.15) is 13.2 Å². The van der Waals surface area contributed by atoms with Crippen molar-refractivity contribution in [3.05, 3.63) is 106 Å². The molecule has 3 aromatic rings. The van der Waals surface area contributed by atoms with E-state index in [1.165, 1.54) is 4.90 Å². The summed E-state index contributed by atoms with van der Waals surface area (Å²) < 4.78 is 31.7. The molecule has 2 aliphatic heterocycles. The molecule has 0 unspecified atom stereocenters. The topological polar surface area (TPSA) is 111 Å². The minimum absolute atomic E-state index is 0.0137. The molecule has 1 aromatic heterocycles. The molecule has 0 fully saturated rings. The number of aliphatic carboxylic acids is 1. The zero-order valence-electron chi connectivity index (χ0n) is 21.9. The Hall–Kier alpha value is -4.71. The Kier molecular flexibility index (Phi) is 9.26. The number of hydrogen-bond acceptors (Lipinski definition) is 5. The van der Waals surface area contributed by atoms with Gasteiger partial charge in [-0.25, -0.2) is 4.79 Å². The Morgan fingerprint density at radius 2 is 1.40 bits per heavy atom. The standard InChI is InChI=1S/C27H23ClN4O3.C2HF3O2/c28-23-9-7-21(8-10-23)27(35)31-17-22-15-29-12-11-24(22)32(25(33)18-31)16-19-3-5-20(6-4-19)26(34)30-13-1-2-14-30;3-2(4,5)1(6)7/h1-12,15H,13-14,16-18H2;(H,6,7). The normalized spacial score (nSPS) is 14.6. The van der Waals surface area contributed by atoms with E-state index in [9.17, 15) is 27.6 Å². The molecule has 0 saturated carbocycles. The molecule has 0 bridgehead atoms. The molecule has 9 nitrogen and oxygen atoms in total. The molecule has 0 aliphatic carbocycles. The van der Waals surface area contributed by atoms with Crippen molar-refractivity contribution in [3.8, 4) is 0 Å². The summed E-state index contributed by atoms with van der Waals surface area (Å²) in [7, 11) is 0. The zero-order valence-corrected chi connectivity index (χ0v) is 22.7. The van der Waals surface area contributed by atoms with Gasteiger partial charge < -0.3 is 19.8 Å². The molecule has 3 amide bonds. The smallest absolute Gasteiger partial charge is 0.475 e. The number of hydrogen-bond donors (Lipinski definition) is 1. The van der Waals surface area contributed by atoms with Gasteiger partial charge >= 0.3 is 12.1 Å². The zero-order chi connectivity index (χ0) is 30.4. The molecule has 5 rings (SSSR count). The van der Waals surface area contributed by atoms with Crippen LogP contribution in [0.25, 0.3) is 0 Å². The Labute approximate surface area is 243 Å². The number of carbonyl (C=O) groups excluding carboxylic acids is 3. The van der Waals surface area contributed by atoms with Gasteiger partial charge in [0.2, 0.25) is 5.91 Å². The second-order valence-corrected chi connectivity index (χ2v) is 9.77. The number of aromatic nitrogens is 1. The molecule has 42 heavy (non-hydrogen) atoms. The van der Waals surface area contributed by atoms with Crippen molar-refractivity contribution in [1.29, 1.82) is 0 Å². The summed E-state index contributed by atoms with van der Waals surface area (Å²) in [6, 6.07) is 15.7. The second-order valence-electron chi connectivity index (χ2n) is 9.33. The van der Waals surface area contributed by atoms with Crippen LogP contribution in [-0.4, -0.2) is 69.4 Å². The van der Waals surface area contributed by atoms with Gasteiger partial charge in [-0.1, -0.05) is 35.9 Å². The van der Waals surface area contributed by atoms with E-state index in [2.05, 4.69) is 4.98 Å². The number of benzene rings is 2. The summed E-state index contributed by atoms with van der Waals surface area (Å²) in [5, 5.41) is 7.67. The molecule has 0 saturated heterocycles. The molecular weight excluding hydrogens is 577 g/mol. The minimum atomic E-state index is -5.08. The van der Waals surface area contributed by atoms with Crippen molar-refractivity contribution < 1.29 is 37.5 Å². The van der Waals surface area contributed by atoms with Crippen molar-refractivity contribution in [2.45, 2.75) is 19.3 Å². The fourth-order valence-electron chi connectivity index (χ4n) is 4.30. The van der Waals surface area contributed by atoms with Crippen LogP contribution >= 0.6 is 11.6 Å². The first-order chi connectivity index (χ1) is 19.9. The first-order valence-corrected chi connectivity index (χ1v) is 12.9. The Morgan fingerprint density at radius 1 is 0.857 bits per heavy atom. The van der Waals surface area contributed by atoms with Gasteiger partial charge in [0.25, 0.3) is 11.8 Å². The molecule has 2 aliphatic rings. The van der Waals surface area contributed by atoms with E-state index in [1.54, 1.807) is 64.7 Å². The lowest BCUT2D eigenvalue weighted by Gasteiger charge is -2.23. The van der Waals surface area contributed by atoms with Crippen LogP contribution in [0, 0.1) is 0 Å². The van der Waals surface area contributed by atoms with Crippen molar-refractivity contribution >= 4 is 41.0 Å². The van der Waals surface area contributed by atoms with Gasteiger partial charge in [-0.15, -0.1) is 0 Å². The highest BCUT2D eigenvalue weighted by Gasteiger charge is 2.38. The molecule has 2 aromatic carbocycles. The fraction of sp³-hybridized carbons (Fsp3) is 0.207. The van der Waals surface area contributed by atoms with Crippen molar-refractivity contribution in [2.24, 2.45) is 0 Å². The number of alkyl halides is 3. The molecule has 0 radical (unpaired) electrons. The number of fused-ring (bicyclic) bond motifs is 1. The fourth-order valence-corrected chi connectivity index (χ4v) is 4.43. The number of amides is 3. The number of pyridine rings is 1. The summed E-state index contributed by atoms with van der Waals surface area (Å²) in [4.78, 5) is 57.2. The van der Waals surface area contributed by atoms with Crippen LogP contribution in [0.4, 0.5) is 18.9 Å². The van der Waals surface area contributed by atoms with E-state index in [1.807, 2.05) is 24.3 Å². The summed E-state index contributed by atoms with van der Waals surface area (Å²) >= 11 is 5.96. The third-order valence-corrected chi connectivity index (χ3v) is 6.68. The Bertz CT molecular complexity index is 1500. The third kappa shape index (κ3) is 7.32. The number of carbonyl (C=O) groups is 4. The second kappa shape index (κ2) is 12.9. The predicted molar refractivity (Wildman–Crippen MR) is 147 cm³/mol. The van der Waals surface area contributed by atoms with E-state index in [0.717, 1.165) is 16.8 Å².